The molecule has 0 unspecified atom stereocenters. The number of nitrogens with zero attached hydrogens (tertiary/aromatic N) is 3. The van der Waals surface area contributed by atoms with Crippen molar-refractivity contribution in [1.29, 1.82) is 5.26 Å². The summed E-state index contributed by atoms with van der Waals surface area (Å²) in [6, 6.07) is 1.28. The van der Waals surface area contributed by atoms with Crippen LogP contribution in [-0.4, -0.2) is 30.7 Å². The average molecular weight is 297 g/mol. The van der Waals surface area contributed by atoms with E-state index in [1.54, 1.807) is 6.16 Å². The Hall–Kier alpha value is -0.700. The lowest BCUT2D eigenvalue weighted by Crippen LogP contribution is -2.07. The Morgan fingerprint density at radius 1 is 0.900 bits per heavy atom. The Balaban J connectivity index is 0. The van der Waals surface area contributed by atoms with Crippen molar-refractivity contribution in [3.05, 3.63) is 5.41 Å². The standard InChI is InChI=1S/C14H32P.C2N3/c1-5-9-10-11-12-13-14-15(6-2,7-3)8-4;3-1-5-2-4/h5-14H2,1-4H3;/q+1;-1. The van der Waals surface area contributed by atoms with Gasteiger partial charge in [0.1, 0.15) is 0 Å². The molecule has 4 heteroatoms. The summed E-state index contributed by atoms with van der Waals surface area (Å²) in [7, 11) is -0.494. The van der Waals surface area contributed by atoms with E-state index in [0.29, 0.717) is 0 Å². The van der Waals surface area contributed by atoms with Gasteiger partial charge in [-0.1, -0.05) is 32.6 Å². The molecule has 0 atom stereocenters. The van der Waals surface area contributed by atoms with Crippen LogP contribution in [-0.2, 0) is 0 Å². The number of nitriles is 1. The molecule has 0 spiro atoms. The van der Waals surface area contributed by atoms with Crippen molar-refractivity contribution in [2.24, 2.45) is 4.99 Å². The van der Waals surface area contributed by atoms with Gasteiger partial charge in [0.15, 0.2) is 0 Å². The predicted octanol–water partition coefficient (Wildman–Crippen LogP) is 5.63. The first-order valence-electron chi connectivity index (χ1n) is 7.99. The van der Waals surface area contributed by atoms with Gasteiger partial charge in [-0.2, -0.15) is 5.26 Å². The van der Waals surface area contributed by atoms with Gasteiger partial charge in [-0.15, -0.1) is 6.01 Å². The monoisotopic (exact) mass is 297 g/mol. The Labute approximate surface area is 126 Å². The Morgan fingerprint density at radius 2 is 1.40 bits per heavy atom. The van der Waals surface area contributed by atoms with Crippen LogP contribution >= 0.6 is 7.26 Å². The van der Waals surface area contributed by atoms with E-state index in [0.717, 1.165) is 0 Å². The minimum Gasteiger partial charge on any atom is -0.422 e. The van der Waals surface area contributed by atoms with Gasteiger partial charge in [-0.25, -0.2) is 0 Å². The van der Waals surface area contributed by atoms with E-state index < -0.39 is 7.26 Å². The van der Waals surface area contributed by atoms with Gasteiger partial charge in [0.25, 0.3) is 0 Å². The first-order chi connectivity index (χ1) is 9.66. The second-order valence-electron chi connectivity index (χ2n) is 5.09. The van der Waals surface area contributed by atoms with E-state index in [1.807, 2.05) is 0 Å². The topological polar surface area (TPSA) is 58.5 Å². The molecule has 116 valence electrons. The van der Waals surface area contributed by atoms with Crippen LogP contribution in [0.4, 0.5) is 0 Å². The zero-order chi connectivity index (χ0) is 15.7. The molecule has 0 N–H and O–H groups in total. The first kappa shape index (κ1) is 21.6. The Morgan fingerprint density at radius 3 is 1.75 bits per heavy atom. The number of hydrogen-bond acceptors (Lipinski definition) is 2. The van der Waals surface area contributed by atoms with Crippen molar-refractivity contribution < 1.29 is 0 Å². The molecule has 3 nitrogen and oxygen atoms in total. The van der Waals surface area contributed by atoms with Crippen LogP contribution in [0.1, 0.15) is 66.2 Å². The molecule has 20 heavy (non-hydrogen) atoms. The third-order valence-corrected chi connectivity index (χ3v) is 9.39. The fraction of sp³-hybridized carbons (Fsp3) is 0.875. The molecule has 0 aliphatic carbocycles. The average Bonchev–Trinajstić information content (AvgIpc) is 2.49. The van der Waals surface area contributed by atoms with Crippen molar-refractivity contribution in [2.45, 2.75) is 66.2 Å². The number of aliphatic imine (C=N–C) groups is 1. The highest BCUT2D eigenvalue weighted by atomic mass is 31.2. The second-order valence-corrected chi connectivity index (χ2v) is 10.1. The fourth-order valence-electron chi connectivity index (χ4n) is 2.40. The van der Waals surface area contributed by atoms with Crippen molar-refractivity contribution in [1.82, 2.24) is 0 Å². The summed E-state index contributed by atoms with van der Waals surface area (Å²) in [5.41, 5.74) is 0. The molecule has 0 saturated heterocycles. The largest absolute Gasteiger partial charge is 0.422 e. The molecule has 0 bridgehead atoms. The van der Waals surface area contributed by atoms with Crippen LogP contribution in [0.2, 0.25) is 0 Å². The predicted molar refractivity (Wildman–Crippen MR) is 93.2 cm³/mol. The molecule has 0 aliphatic heterocycles. The maximum Gasteiger partial charge on any atom is 0.0925 e. The summed E-state index contributed by atoms with van der Waals surface area (Å²) >= 11 is 0. The van der Waals surface area contributed by atoms with E-state index in [4.69, 9.17) is 10.7 Å². The lowest BCUT2D eigenvalue weighted by molar-refractivity contribution is 0.625. The SMILES string of the molecule is CCCCCCCC[P+](CC)(CC)CC.N#CN=C=[N-]. The third-order valence-electron chi connectivity index (χ3n) is 4.10. The van der Waals surface area contributed by atoms with Crippen molar-refractivity contribution in [3.8, 4) is 6.19 Å². The van der Waals surface area contributed by atoms with Crippen LogP contribution in [0.3, 0.4) is 0 Å². The van der Waals surface area contributed by atoms with Crippen LogP contribution in [0.25, 0.3) is 5.41 Å². The zero-order valence-electron chi connectivity index (χ0n) is 13.9. The lowest BCUT2D eigenvalue weighted by atomic mass is 10.1. The highest BCUT2D eigenvalue weighted by Crippen LogP contribution is 2.58. The fourth-order valence-corrected chi connectivity index (χ4v) is 5.58. The van der Waals surface area contributed by atoms with E-state index in [9.17, 15) is 0 Å². The molecule has 0 heterocycles. The van der Waals surface area contributed by atoms with Crippen molar-refractivity contribution in [2.75, 3.05) is 24.6 Å². The zero-order valence-corrected chi connectivity index (χ0v) is 14.8. The van der Waals surface area contributed by atoms with Crippen molar-refractivity contribution >= 4 is 13.3 Å². The summed E-state index contributed by atoms with van der Waals surface area (Å²) in [5, 5.41) is 14.9. The third kappa shape index (κ3) is 12.3. The molecule has 0 fully saturated rings. The molecular weight excluding hydrogens is 265 g/mol. The summed E-state index contributed by atoms with van der Waals surface area (Å²) in [6.07, 6.45) is 16.0. The van der Waals surface area contributed by atoms with Gasteiger partial charge in [0.2, 0.25) is 0 Å². The molecule has 0 aliphatic rings. The maximum absolute atomic E-state index is 7.43. The van der Waals surface area contributed by atoms with E-state index in [2.05, 4.69) is 32.7 Å². The van der Waals surface area contributed by atoms with Crippen LogP contribution in [0.5, 0.6) is 0 Å². The smallest absolute Gasteiger partial charge is 0.0925 e. The molecule has 0 aromatic rings. The summed E-state index contributed by atoms with van der Waals surface area (Å²) in [6.45, 7) is 9.54. The van der Waals surface area contributed by atoms with Gasteiger partial charge in [0, 0.05) is 7.26 Å². The Bertz CT molecular complexity index is 278. The normalized spacial score (nSPS) is 9.95. The summed E-state index contributed by atoms with van der Waals surface area (Å²) < 4.78 is 0. The van der Waals surface area contributed by atoms with Crippen LogP contribution in [0, 0.1) is 11.5 Å². The molecule has 0 amide bonds. The van der Waals surface area contributed by atoms with E-state index in [-0.39, 0.29) is 0 Å². The molecule has 0 aromatic carbocycles. The van der Waals surface area contributed by atoms with Crippen LogP contribution in [0.15, 0.2) is 4.99 Å². The summed E-state index contributed by atoms with van der Waals surface area (Å²) in [4.78, 5) is 2.58. The minimum atomic E-state index is -0.494. The first-order valence-corrected chi connectivity index (χ1v) is 10.5. The van der Waals surface area contributed by atoms with Gasteiger partial charge < -0.3 is 10.4 Å². The molecule has 0 radical (unpaired) electrons. The molecule has 0 saturated carbocycles. The molecular formula is C16H32N3P. The maximum atomic E-state index is 7.43. The molecule has 0 aromatic heterocycles. The minimum absolute atomic E-state index is 0.494. The second kappa shape index (κ2) is 16.4. The van der Waals surface area contributed by atoms with Crippen LogP contribution < -0.4 is 0 Å². The number of hydrogen-bond donors (Lipinski definition) is 0. The summed E-state index contributed by atoms with van der Waals surface area (Å²) in [5.74, 6) is 0. The molecule has 0 rings (SSSR count). The highest BCUT2D eigenvalue weighted by molar-refractivity contribution is 7.75. The van der Waals surface area contributed by atoms with Gasteiger partial charge >= 0.3 is 0 Å². The van der Waals surface area contributed by atoms with E-state index in [1.165, 1.54) is 69.2 Å². The quantitative estimate of drug-likeness (QED) is 0.223. The van der Waals surface area contributed by atoms with E-state index >= 15 is 0 Å². The van der Waals surface area contributed by atoms with Gasteiger partial charge in [0.05, 0.1) is 30.8 Å². The van der Waals surface area contributed by atoms with Gasteiger partial charge in [-0.3, -0.25) is 0 Å². The lowest BCUT2D eigenvalue weighted by Gasteiger charge is -2.23. The van der Waals surface area contributed by atoms with Crippen molar-refractivity contribution in [3.63, 3.8) is 0 Å². The van der Waals surface area contributed by atoms with Gasteiger partial charge in [-0.05, 0) is 33.6 Å². The number of unbranched alkanes of at least 4 members (excludes halogenated alkanes) is 5. The Kier molecular flexibility index (Phi) is 17.7. The number of rotatable bonds is 10. The highest BCUT2D eigenvalue weighted by Gasteiger charge is 2.29.